The van der Waals surface area contributed by atoms with E-state index in [1.807, 2.05) is 24.3 Å². The second-order valence-electron chi connectivity index (χ2n) is 5.22. The van der Waals surface area contributed by atoms with Gasteiger partial charge in [-0.15, -0.1) is 0 Å². The van der Waals surface area contributed by atoms with Crippen molar-refractivity contribution in [2.24, 2.45) is 0 Å². The maximum atomic E-state index is 12.2. The normalized spacial score (nSPS) is 13.9. The number of para-hydroxylation sites is 1. The van der Waals surface area contributed by atoms with Crippen LogP contribution < -0.4 is 15.5 Å². The molecular formula is C16H21N3O4. The van der Waals surface area contributed by atoms with Crippen molar-refractivity contribution >= 4 is 23.6 Å². The number of anilines is 1. The van der Waals surface area contributed by atoms with Crippen molar-refractivity contribution in [1.29, 1.82) is 0 Å². The van der Waals surface area contributed by atoms with Gasteiger partial charge in [-0.3, -0.25) is 4.79 Å². The van der Waals surface area contributed by atoms with Crippen molar-refractivity contribution in [3.05, 3.63) is 29.8 Å². The lowest BCUT2D eigenvalue weighted by Gasteiger charge is -2.18. The molecule has 0 radical (unpaired) electrons. The summed E-state index contributed by atoms with van der Waals surface area (Å²) in [6.07, 6.45) is 0.813. The molecule has 2 rings (SSSR count). The predicted octanol–water partition coefficient (Wildman–Crippen LogP) is 0.827. The third kappa shape index (κ3) is 4.21. The van der Waals surface area contributed by atoms with Gasteiger partial charge in [0.25, 0.3) is 0 Å². The lowest BCUT2D eigenvalue weighted by molar-refractivity contribution is -0.144. The number of fused-ring (bicyclic) bond motifs is 1. The van der Waals surface area contributed by atoms with Crippen LogP contribution in [-0.4, -0.2) is 43.6 Å². The zero-order chi connectivity index (χ0) is 16.8. The number of rotatable bonds is 5. The molecule has 23 heavy (non-hydrogen) atoms. The Morgan fingerprint density at radius 1 is 1.30 bits per heavy atom. The average molecular weight is 319 g/mol. The van der Waals surface area contributed by atoms with Crippen molar-refractivity contribution in [2.75, 3.05) is 24.6 Å². The van der Waals surface area contributed by atoms with Crippen LogP contribution in [0.3, 0.4) is 0 Å². The molecule has 0 bridgehead atoms. The molecule has 2 N–H and O–H groups in total. The van der Waals surface area contributed by atoms with E-state index in [0.29, 0.717) is 6.54 Å². The number of hydrogen-bond donors (Lipinski definition) is 2. The van der Waals surface area contributed by atoms with Crippen LogP contribution in [0, 0.1) is 0 Å². The van der Waals surface area contributed by atoms with E-state index in [0.717, 1.165) is 17.7 Å². The van der Waals surface area contributed by atoms with E-state index in [4.69, 9.17) is 4.74 Å². The minimum Gasteiger partial charge on any atom is -0.464 e. The Hall–Kier alpha value is -2.57. The fourth-order valence-electron chi connectivity index (χ4n) is 2.42. The van der Waals surface area contributed by atoms with Gasteiger partial charge < -0.3 is 20.3 Å². The summed E-state index contributed by atoms with van der Waals surface area (Å²) in [5, 5.41) is 4.90. The minimum absolute atomic E-state index is 0.129. The van der Waals surface area contributed by atoms with Crippen LogP contribution in [0.2, 0.25) is 0 Å². The highest BCUT2D eigenvalue weighted by molar-refractivity contribution is 5.98. The topological polar surface area (TPSA) is 87.7 Å². The zero-order valence-corrected chi connectivity index (χ0v) is 13.3. The first-order valence-electron chi connectivity index (χ1n) is 7.62. The summed E-state index contributed by atoms with van der Waals surface area (Å²) in [4.78, 5) is 37.0. The van der Waals surface area contributed by atoms with E-state index in [2.05, 4.69) is 10.6 Å². The molecule has 1 aromatic carbocycles. The van der Waals surface area contributed by atoms with Crippen molar-refractivity contribution in [3.8, 4) is 0 Å². The zero-order valence-electron chi connectivity index (χ0n) is 13.3. The van der Waals surface area contributed by atoms with E-state index in [9.17, 15) is 14.4 Å². The van der Waals surface area contributed by atoms with Crippen LogP contribution in [0.1, 0.15) is 19.4 Å². The highest BCUT2D eigenvalue weighted by Gasteiger charge is 2.24. The second kappa shape index (κ2) is 7.62. The van der Waals surface area contributed by atoms with Gasteiger partial charge in [-0.25, -0.2) is 9.59 Å². The highest BCUT2D eigenvalue weighted by Crippen LogP contribution is 2.27. The molecule has 7 heteroatoms. The summed E-state index contributed by atoms with van der Waals surface area (Å²) >= 11 is 0. The molecule has 1 aromatic rings. The fourth-order valence-corrected chi connectivity index (χ4v) is 2.42. The third-order valence-corrected chi connectivity index (χ3v) is 3.58. The monoisotopic (exact) mass is 319 g/mol. The number of nitrogens with zero attached hydrogens (tertiary/aromatic N) is 1. The van der Waals surface area contributed by atoms with Crippen LogP contribution in [0.5, 0.6) is 0 Å². The van der Waals surface area contributed by atoms with Crippen LogP contribution in [0.25, 0.3) is 0 Å². The van der Waals surface area contributed by atoms with Gasteiger partial charge in [-0.05, 0) is 31.9 Å². The van der Waals surface area contributed by atoms with E-state index < -0.39 is 18.0 Å². The number of amides is 3. The number of nitrogens with one attached hydrogen (secondary N) is 2. The summed E-state index contributed by atoms with van der Waals surface area (Å²) in [5.41, 5.74) is 2.01. The molecule has 1 heterocycles. The van der Waals surface area contributed by atoms with Gasteiger partial charge >= 0.3 is 12.0 Å². The van der Waals surface area contributed by atoms with Crippen molar-refractivity contribution in [3.63, 3.8) is 0 Å². The standard InChI is InChI=1S/C16H21N3O4/c1-3-23-15(21)11(2)18-16(22)17-10-14(20)19-9-8-12-6-4-5-7-13(12)19/h4-7,11H,3,8-10H2,1-2H3,(H2,17,18,22)/t11-/m1/s1. The Morgan fingerprint density at radius 3 is 2.78 bits per heavy atom. The summed E-state index contributed by atoms with van der Waals surface area (Å²) in [6, 6.07) is 6.36. The Balaban J connectivity index is 1.81. The molecule has 3 amide bonds. The molecule has 0 aliphatic carbocycles. The smallest absolute Gasteiger partial charge is 0.328 e. The number of benzene rings is 1. The Labute approximate surface area is 135 Å². The molecular weight excluding hydrogens is 298 g/mol. The number of ether oxygens (including phenoxy) is 1. The molecule has 0 saturated heterocycles. The van der Waals surface area contributed by atoms with Gasteiger partial charge in [0.1, 0.15) is 6.04 Å². The Kier molecular flexibility index (Phi) is 5.56. The molecule has 0 unspecified atom stereocenters. The average Bonchev–Trinajstić information content (AvgIpc) is 2.97. The molecule has 0 aromatic heterocycles. The lowest BCUT2D eigenvalue weighted by atomic mass is 10.2. The van der Waals surface area contributed by atoms with Crippen LogP contribution in [0.15, 0.2) is 24.3 Å². The van der Waals surface area contributed by atoms with Gasteiger partial charge in [0.2, 0.25) is 5.91 Å². The first-order chi connectivity index (χ1) is 11.0. The first-order valence-corrected chi connectivity index (χ1v) is 7.62. The van der Waals surface area contributed by atoms with E-state index in [-0.39, 0.29) is 19.1 Å². The van der Waals surface area contributed by atoms with Gasteiger partial charge in [0.05, 0.1) is 13.2 Å². The van der Waals surface area contributed by atoms with Crippen molar-refractivity contribution < 1.29 is 19.1 Å². The summed E-state index contributed by atoms with van der Waals surface area (Å²) in [6.45, 7) is 3.95. The molecule has 124 valence electrons. The predicted molar refractivity (Wildman–Crippen MR) is 85.1 cm³/mol. The molecule has 1 aliphatic rings. The molecule has 7 nitrogen and oxygen atoms in total. The van der Waals surface area contributed by atoms with Crippen LogP contribution in [0.4, 0.5) is 10.5 Å². The number of esters is 1. The molecule has 0 spiro atoms. The molecule has 1 aliphatic heterocycles. The molecule has 0 fully saturated rings. The Morgan fingerprint density at radius 2 is 2.04 bits per heavy atom. The first kappa shape index (κ1) is 16.8. The largest absolute Gasteiger partial charge is 0.464 e. The van der Waals surface area contributed by atoms with E-state index >= 15 is 0 Å². The quantitative estimate of drug-likeness (QED) is 0.787. The lowest BCUT2D eigenvalue weighted by Crippen LogP contribution is -2.48. The maximum absolute atomic E-state index is 12.2. The summed E-state index contributed by atoms with van der Waals surface area (Å²) in [7, 11) is 0. The van der Waals surface area contributed by atoms with Gasteiger partial charge in [-0.1, -0.05) is 18.2 Å². The number of carbonyl (C=O) groups is 3. The molecule has 1 atom stereocenters. The molecule has 0 saturated carbocycles. The Bertz CT molecular complexity index is 603. The van der Waals surface area contributed by atoms with Gasteiger partial charge in [-0.2, -0.15) is 0 Å². The number of hydrogen-bond acceptors (Lipinski definition) is 4. The second-order valence-corrected chi connectivity index (χ2v) is 5.22. The third-order valence-electron chi connectivity index (χ3n) is 3.58. The van der Waals surface area contributed by atoms with Crippen molar-refractivity contribution in [2.45, 2.75) is 26.3 Å². The van der Waals surface area contributed by atoms with Gasteiger partial charge in [0.15, 0.2) is 0 Å². The SMILES string of the molecule is CCOC(=O)[C@@H](C)NC(=O)NCC(=O)N1CCc2ccccc21. The fraction of sp³-hybridized carbons (Fsp3) is 0.438. The van der Waals surface area contributed by atoms with E-state index in [1.54, 1.807) is 11.8 Å². The van der Waals surface area contributed by atoms with Crippen LogP contribution >= 0.6 is 0 Å². The summed E-state index contributed by atoms with van der Waals surface area (Å²) < 4.78 is 4.79. The van der Waals surface area contributed by atoms with Gasteiger partial charge in [0, 0.05) is 12.2 Å². The minimum atomic E-state index is -0.766. The number of carbonyl (C=O) groups excluding carboxylic acids is 3. The summed E-state index contributed by atoms with van der Waals surface area (Å²) in [5.74, 6) is -0.698. The van der Waals surface area contributed by atoms with E-state index in [1.165, 1.54) is 6.92 Å². The van der Waals surface area contributed by atoms with Crippen LogP contribution in [-0.2, 0) is 20.7 Å². The number of urea groups is 1. The maximum Gasteiger partial charge on any atom is 0.328 e. The van der Waals surface area contributed by atoms with Crippen molar-refractivity contribution in [1.82, 2.24) is 10.6 Å². The highest BCUT2D eigenvalue weighted by atomic mass is 16.5.